The van der Waals surface area contributed by atoms with Crippen molar-refractivity contribution in [3.8, 4) is 5.75 Å². The second-order valence-electron chi connectivity index (χ2n) is 7.25. The quantitative estimate of drug-likeness (QED) is 0.585. The number of benzene rings is 2. The molecule has 0 aliphatic carbocycles. The summed E-state index contributed by atoms with van der Waals surface area (Å²) < 4.78 is 14.6. The van der Waals surface area contributed by atoms with Crippen LogP contribution in [0.1, 0.15) is 22.3 Å². The van der Waals surface area contributed by atoms with E-state index in [1.54, 1.807) is 12.3 Å². The fraction of sp³-hybridized carbons (Fsp3) is 0.333. The molecule has 3 heterocycles. The van der Waals surface area contributed by atoms with Crippen molar-refractivity contribution < 1.29 is 9.53 Å². The van der Waals surface area contributed by atoms with Crippen LogP contribution in [-0.2, 0) is 0 Å². The first kappa shape index (κ1) is 18.2. The molecule has 1 aromatic heterocycles. The van der Waals surface area contributed by atoms with Gasteiger partial charge in [-0.1, -0.05) is 6.07 Å². The van der Waals surface area contributed by atoms with Crippen molar-refractivity contribution in [1.82, 2.24) is 13.6 Å². The van der Waals surface area contributed by atoms with Crippen molar-refractivity contribution in [3.05, 3.63) is 47.5 Å². The first-order chi connectivity index (χ1) is 14.3. The number of ether oxygens (including phenoxy) is 1. The summed E-state index contributed by atoms with van der Waals surface area (Å²) in [6.07, 6.45) is 2.56. The van der Waals surface area contributed by atoms with Crippen LogP contribution in [0.5, 0.6) is 5.75 Å². The molecule has 0 bridgehead atoms. The van der Waals surface area contributed by atoms with E-state index < -0.39 is 0 Å². The number of nitrogens with zero attached hydrogens (tertiary/aromatic N) is 5. The molecule has 29 heavy (non-hydrogen) atoms. The summed E-state index contributed by atoms with van der Waals surface area (Å²) in [4.78, 5) is 20.4. The van der Waals surface area contributed by atoms with E-state index in [0.29, 0.717) is 12.2 Å². The first-order valence-corrected chi connectivity index (χ1v) is 10.5. The van der Waals surface area contributed by atoms with Crippen molar-refractivity contribution in [1.29, 1.82) is 0 Å². The molecule has 0 radical (unpaired) electrons. The minimum absolute atomic E-state index is 0.188. The second-order valence-corrected chi connectivity index (χ2v) is 7.78. The highest BCUT2D eigenvalue weighted by atomic mass is 32.1. The largest absolute Gasteiger partial charge is 0.494 e. The van der Waals surface area contributed by atoms with E-state index in [2.05, 4.69) is 35.7 Å². The summed E-state index contributed by atoms with van der Waals surface area (Å²) in [5, 5.41) is 0. The van der Waals surface area contributed by atoms with Gasteiger partial charge in [-0.3, -0.25) is 9.69 Å². The third-order valence-corrected chi connectivity index (χ3v) is 5.98. The van der Waals surface area contributed by atoms with Crippen molar-refractivity contribution in [2.45, 2.75) is 6.42 Å². The molecule has 5 rings (SSSR count). The molecule has 3 aromatic rings. The summed E-state index contributed by atoms with van der Waals surface area (Å²) in [5.74, 6) is 0.546. The van der Waals surface area contributed by atoms with E-state index in [4.69, 9.17) is 4.74 Å². The number of aliphatic imine (C=N–C) groups is 1. The number of anilines is 1. The van der Waals surface area contributed by atoms with Gasteiger partial charge in [0.15, 0.2) is 0 Å². The number of aromatic nitrogens is 2. The van der Waals surface area contributed by atoms with Crippen molar-refractivity contribution in [2.24, 2.45) is 4.99 Å². The van der Waals surface area contributed by atoms with Gasteiger partial charge in [-0.25, -0.2) is 4.99 Å². The molecule has 7 nitrogen and oxygen atoms in total. The van der Waals surface area contributed by atoms with Gasteiger partial charge in [-0.15, -0.1) is 0 Å². The normalized spacial score (nSPS) is 16.6. The zero-order chi connectivity index (χ0) is 19.6. The van der Waals surface area contributed by atoms with Crippen LogP contribution in [0.25, 0.3) is 11.0 Å². The average molecular weight is 407 g/mol. The van der Waals surface area contributed by atoms with Gasteiger partial charge < -0.3 is 9.64 Å². The predicted octanol–water partition coefficient (Wildman–Crippen LogP) is 2.86. The first-order valence-electron chi connectivity index (χ1n) is 9.82. The molecule has 2 aliphatic heterocycles. The van der Waals surface area contributed by atoms with Gasteiger partial charge in [0.05, 0.1) is 29.6 Å². The minimum atomic E-state index is -0.188. The Balaban J connectivity index is 1.09. The molecule has 8 heteroatoms. The Kier molecular flexibility index (Phi) is 4.95. The van der Waals surface area contributed by atoms with E-state index >= 15 is 0 Å². The van der Waals surface area contributed by atoms with Crippen LogP contribution in [0.2, 0.25) is 0 Å². The third-order valence-electron chi connectivity index (χ3n) is 5.44. The van der Waals surface area contributed by atoms with Crippen LogP contribution < -0.4 is 9.64 Å². The molecule has 1 amide bonds. The average Bonchev–Trinajstić information content (AvgIpc) is 3.38. The SMILES string of the molecule is O=C1N=Cc2ccc(OCCCN3CCN(c4cccc5nsnc45)CC3)cc21. The molecule has 0 atom stereocenters. The number of rotatable bonds is 6. The number of carbonyl (C=O) groups is 1. The van der Waals surface area contributed by atoms with Crippen molar-refractivity contribution >= 4 is 40.6 Å². The summed E-state index contributed by atoms with van der Waals surface area (Å²) >= 11 is 1.27. The maximum Gasteiger partial charge on any atom is 0.277 e. The molecular weight excluding hydrogens is 386 g/mol. The topological polar surface area (TPSA) is 70.9 Å². The van der Waals surface area contributed by atoms with Crippen LogP contribution in [0.15, 0.2) is 41.4 Å². The van der Waals surface area contributed by atoms with Gasteiger partial charge in [0.25, 0.3) is 5.91 Å². The summed E-state index contributed by atoms with van der Waals surface area (Å²) in [7, 11) is 0. The van der Waals surface area contributed by atoms with Gasteiger partial charge in [0, 0.05) is 44.5 Å². The molecule has 2 aromatic carbocycles. The van der Waals surface area contributed by atoms with Crippen LogP contribution in [0.3, 0.4) is 0 Å². The highest BCUT2D eigenvalue weighted by Gasteiger charge is 2.20. The minimum Gasteiger partial charge on any atom is -0.494 e. The van der Waals surface area contributed by atoms with Crippen LogP contribution in [-0.4, -0.2) is 65.1 Å². The lowest BCUT2D eigenvalue weighted by atomic mass is 10.1. The third kappa shape index (κ3) is 3.73. The number of fused-ring (bicyclic) bond motifs is 2. The molecule has 1 fully saturated rings. The van der Waals surface area contributed by atoms with E-state index in [1.165, 1.54) is 17.4 Å². The Morgan fingerprint density at radius 1 is 1.07 bits per heavy atom. The van der Waals surface area contributed by atoms with Gasteiger partial charge in [-0.2, -0.15) is 8.75 Å². The summed E-state index contributed by atoms with van der Waals surface area (Å²) in [6, 6.07) is 11.8. The predicted molar refractivity (Wildman–Crippen MR) is 115 cm³/mol. The Morgan fingerprint density at radius 2 is 1.97 bits per heavy atom. The number of hydrogen-bond donors (Lipinski definition) is 0. The molecular formula is C21H21N5O2S. The Bertz CT molecular complexity index is 1070. The Hall–Kier alpha value is -2.84. The molecule has 0 unspecified atom stereocenters. The van der Waals surface area contributed by atoms with E-state index in [1.807, 2.05) is 18.2 Å². The monoisotopic (exact) mass is 407 g/mol. The smallest absolute Gasteiger partial charge is 0.277 e. The zero-order valence-electron chi connectivity index (χ0n) is 16.0. The van der Waals surface area contributed by atoms with Crippen molar-refractivity contribution in [3.63, 3.8) is 0 Å². The second kappa shape index (κ2) is 7.88. The van der Waals surface area contributed by atoms with Crippen molar-refractivity contribution in [2.75, 3.05) is 44.2 Å². The zero-order valence-corrected chi connectivity index (χ0v) is 16.8. The molecule has 2 aliphatic rings. The maximum absolute atomic E-state index is 11.7. The molecule has 0 spiro atoms. The molecule has 0 N–H and O–H groups in total. The number of amides is 1. The molecule has 1 saturated heterocycles. The maximum atomic E-state index is 11.7. The van der Waals surface area contributed by atoms with E-state index in [-0.39, 0.29) is 5.91 Å². The lowest BCUT2D eigenvalue weighted by Crippen LogP contribution is -2.46. The number of hydrogen-bond acceptors (Lipinski definition) is 7. The van der Waals surface area contributed by atoms with Gasteiger partial charge >= 0.3 is 0 Å². The van der Waals surface area contributed by atoms with Gasteiger partial charge in [0.2, 0.25) is 0 Å². The fourth-order valence-electron chi connectivity index (χ4n) is 3.86. The summed E-state index contributed by atoms with van der Waals surface area (Å²) in [5.41, 5.74) is 4.67. The van der Waals surface area contributed by atoms with Gasteiger partial charge in [0.1, 0.15) is 16.8 Å². The van der Waals surface area contributed by atoms with Gasteiger partial charge in [-0.05, 0) is 36.8 Å². The molecule has 0 saturated carbocycles. The molecule has 148 valence electrons. The van der Waals surface area contributed by atoms with Crippen LogP contribution >= 0.6 is 11.7 Å². The highest BCUT2D eigenvalue weighted by molar-refractivity contribution is 7.00. The lowest BCUT2D eigenvalue weighted by Gasteiger charge is -2.36. The Labute approximate surface area is 172 Å². The summed E-state index contributed by atoms with van der Waals surface area (Å²) in [6.45, 7) is 5.67. The van der Waals surface area contributed by atoms with E-state index in [0.717, 1.165) is 61.5 Å². The Morgan fingerprint density at radius 3 is 2.86 bits per heavy atom. The number of carbonyl (C=O) groups excluding carboxylic acids is 1. The van der Waals surface area contributed by atoms with Crippen LogP contribution in [0.4, 0.5) is 5.69 Å². The lowest BCUT2D eigenvalue weighted by molar-refractivity contribution is 0.101. The highest BCUT2D eigenvalue weighted by Crippen LogP contribution is 2.26. The fourth-order valence-corrected chi connectivity index (χ4v) is 4.40. The van der Waals surface area contributed by atoms with E-state index in [9.17, 15) is 4.79 Å². The standard InChI is InChI=1S/C21H21N5O2S/c27-21-17-13-16(6-5-15(17)14-22-21)28-12-2-7-25-8-10-26(11-9-25)19-4-1-3-18-20(19)24-29-23-18/h1,3-6,13-14H,2,7-12H2. The van der Waals surface area contributed by atoms with Crippen LogP contribution in [0, 0.1) is 0 Å². The number of piperazine rings is 1.